The third kappa shape index (κ3) is 3.84. The van der Waals surface area contributed by atoms with E-state index >= 15 is 0 Å². The van der Waals surface area contributed by atoms with E-state index < -0.39 is 10.3 Å². The van der Waals surface area contributed by atoms with E-state index in [0.29, 0.717) is 12.2 Å². The molecule has 7 heteroatoms. The molecule has 0 unspecified atom stereocenters. The highest BCUT2D eigenvalue weighted by molar-refractivity contribution is 5.82. The number of nitro benzene ring substituents is 1. The SMILES string of the molecule is COc1ccc([N+](=O)[O-])c(OCCC(C)(C)C(=N)N)c1. The molecule has 0 bridgehead atoms. The average Bonchev–Trinajstić information content (AvgIpc) is 2.37. The first-order valence-electron chi connectivity index (χ1n) is 6.07. The van der Waals surface area contributed by atoms with Crippen LogP contribution in [0.5, 0.6) is 11.5 Å². The van der Waals surface area contributed by atoms with Crippen molar-refractivity contribution < 1.29 is 14.4 Å². The van der Waals surface area contributed by atoms with Crippen LogP contribution in [0.2, 0.25) is 0 Å². The molecule has 0 saturated carbocycles. The van der Waals surface area contributed by atoms with Crippen LogP contribution in [-0.2, 0) is 0 Å². The van der Waals surface area contributed by atoms with E-state index in [9.17, 15) is 10.1 Å². The predicted molar refractivity (Wildman–Crippen MR) is 75.5 cm³/mol. The quantitative estimate of drug-likeness (QED) is 0.345. The van der Waals surface area contributed by atoms with Gasteiger partial charge in [0.15, 0.2) is 0 Å². The van der Waals surface area contributed by atoms with Crippen LogP contribution in [0.25, 0.3) is 0 Å². The third-order valence-corrected chi connectivity index (χ3v) is 3.08. The molecule has 3 N–H and O–H groups in total. The van der Waals surface area contributed by atoms with Gasteiger partial charge in [0.05, 0.1) is 24.5 Å². The molecular weight excluding hydrogens is 262 g/mol. The zero-order valence-electron chi connectivity index (χ0n) is 11.8. The van der Waals surface area contributed by atoms with Crippen LogP contribution in [0.1, 0.15) is 20.3 Å². The summed E-state index contributed by atoms with van der Waals surface area (Å²) in [6, 6.07) is 4.31. The first-order valence-corrected chi connectivity index (χ1v) is 6.07. The van der Waals surface area contributed by atoms with Crippen LogP contribution in [0.15, 0.2) is 18.2 Å². The molecule has 0 radical (unpaired) electrons. The Bertz CT molecular complexity index is 514. The van der Waals surface area contributed by atoms with Gasteiger partial charge in [-0.05, 0) is 12.5 Å². The molecule has 1 rings (SSSR count). The van der Waals surface area contributed by atoms with Crippen LogP contribution >= 0.6 is 0 Å². The number of ether oxygens (including phenoxy) is 2. The van der Waals surface area contributed by atoms with Gasteiger partial charge in [-0.1, -0.05) is 13.8 Å². The molecule has 1 aromatic carbocycles. The summed E-state index contributed by atoms with van der Waals surface area (Å²) in [5.74, 6) is 0.686. The van der Waals surface area contributed by atoms with E-state index in [1.54, 1.807) is 0 Å². The fraction of sp³-hybridized carbons (Fsp3) is 0.462. The Kier molecular flexibility index (Phi) is 4.90. The molecule has 0 aliphatic carbocycles. The van der Waals surface area contributed by atoms with E-state index in [0.717, 1.165) is 0 Å². The minimum Gasteiger partial charge on any atom is -0.497 e. The number of rotatable bonds is 7. The van der Waals surface area contributed by atoms with Crippen molar-refractivity contribution in [3.63, 3.8) is 0 Å². The van der Waals surface area contributed by atoms with E-state index in [4.69, 9.17) is 20.6 Å². The van der Waals surface area contributed by atoms with Crippen LogP contribution in [-0.4, -0.2) is 24.5 Å². The maximum atomic E-state index is 10.9. The Labute approximate surface area is 117 Å². The molecule has 20 heavy (non-hydrogen) atoms. The second-order valence-corrected chi connectivity index (χ2v) is 4.99. The Morgan fingerprint density at radius 3 is 2.65 bits per heavy atom. The predicted octanol–water partition coefficient (Wildman–Crippen LogP) is 2.33. The molecule has 0 spiro atoms. The smallest absolute Gasteiger partial charge is 0.311 e. The first kappa shape index (κ1) is 15.7. The highest BCUT2D eigenvalue weighted by Crippen LogP contribution is 2.31. The lowest BCUT2D eigenvalue weighted by Gasteiger charge is -2.22. The fourth-order valence-corrected chi connectivity index (χ4v) is 1.44. The zero-order chi connectivity index (χ0) is 15.3. The molecule has 0 aliphatic rings. The second kappa shape index (κ2) is 6.23. The molecule has 0 fully saturated rings. The van der Waals surface area contributed by atoms with E-state index in [1.165, 1.54) is 25.3 Å². The highest BCUT2D eigenvalue weighted by Gasteiger charge is 2.23. The summed E-state index contributed by atoms with van der Waals surface area (Å²) < 4.78 is 10.5. The van der Waals surface area contributed by atoms with Crippen molar-refractivity contribution in [3.05, 3.63) is 28.3 Å². The van der Waals surface area contributed by atoms with Crippen LogP contribution < -0.4 is 15.2 Å². The Balaban J connectivity index is 2.81. The lowest BCUT2D eigenvalue weighted by Crippen LogP contribution is -2.32. The molecule has 7 nitrogen and oxygen atoms in total. The van der Waals surface area contributed by atoms with Gasteiger partial charge in [-0.15, -0.1) is 0 Å². The summed E-state index contributed by atoms with van der Waals surface area (Å²) in [6.07, 6.45) is 0.483. The molecule has 1 aromatic rings. The minimum atomic E-state index is -0.509. The summed E-state index contributed by atoms with van der Waals surface area (Å²) in [7, 11) is 1.48. The maximum absolute atomic E-state index is 10.9. The number of methoxy groups -OCH3 is 1. The summed E-state index contributed by atoms with van der Waals surface area (Å²) >= 11 is 0. The Hall–Kier alpha value is -2.31. The van der Waals surface area contributed by atoms with Gasteiger partial charge in [-0.25, -0.2) is 0 Å². The minimum absolute atomic E-state index is 0.0567. The number of hydrogen-bond donors (Lipinski definition) is 2. The van der Waals surface area contributed by atoms with Gasteiger partial charge >= 0.3 is 5.69 Å². The molecular formula is C13H19N3O4. The van der Waals surface area contributed by atoms with Gasteiger partial charge in [-0.3, -0.25) is 15.5 Å². The van der Waals surface area contributed by atoms with Gasteiger partial charge in [0.25, 0.3) is 0 Å². The van der Waals surface area contributed by atoms with E-state index in [-0.39, 0.29) is 23.9 Å². The lowest BCUT2D eigenvalue weighted by atomic mass is 9.88. The maximum Gasteiger partial charge on any atom is 0.311 e. The largest absolute Gasteiger partial charge is 0.497 e. The Morgan fingerprint density at radius 1 is 1.50 bits per heavy atom. The highest BCUT2D eigenvalue weighted by atomic mass is 16.6. The van der Waals surface area contributed by atoms with Crippen LogP contribution in [0, 0.1) is 20.9 Å². The summed E-state index contributed by atoms with van der Waals surface area (Å²) in [5, 5.41) is 18.4. The lowest BCUT2D eigenvalue weighted by molar-refractivity contribution is -0.385. The van der Waals surface area contributed by atoms with Crippen molar-refractivity contribution >= 4 is 11.5 Å². The van der Waals surface area contributed by atoms with Gasteiger partial charge in [0.1, 0.15) is 5.75 Å². The van der Waals surface area contributed by atoms with Crippen molar-refractivity contribution in [1.82, 2.24) is 0 Å². The summed E-state index contributed by atoms with van der Waals surface area (Å²) in [4.78, 5) is 10.4. The molecule has 0 atom stereocenters. The van der Waals surface area contributed by atoms with Crippen molar-refractivity contribution in [2.75, 3.05) is 13.7 Å². The molecule has 0 amide bonds. The molecule has 110 valence electrons. The third-order valence-electron chi connectivity index (χ3n) is 3.08. The number of amidine groups is 1. The van der Waals surface area contributed by atoms with Crippen LogP contribution in [0.4, 0.5) is 5.69 Å². The summed E-state index contributed by atoms with van der Waals surface area (Å²) in [6.45, 7) is 3.86. The Morgan fingerprint density at radius 2 is 2.15 bits per heavy atom. The number of nitrogens with two attached hydrogens (primary N) is 1. The topological polar surface area (TPSA) is 111 Å². The first-order chi connectivity index (χ1) is 9.27. The monoisotopic (exact) mass is 281 g/mol. The second-order valence-electron chi connectivity index (χ2n) is 4.99. The fourth-order valence-electron chi connectivity index (χ4n) is 1.44. The number of nitro groups is 1. The zero-order valence-corrected chi connectivity index (χ0v) is 11.8. The van der Waals surface area contributed by atoms with Gasteiger partial charge in [0.2, 0.25) is 5.75 Å². The molecule has 0 heterocycles. The van der Waals surface area contributed by atoms with Crippen molar-refractivity contribution in [2.45, 2.75) is 20.3 Å². The van der Waals surface area contributed by atoms with Crippen molar-refractivity contribution in [2.24, 2.45) is 11.1 Å². The van der Waals surface area contributed by atoms with E-state index in [2.05, 4.69) is 0 Å². The summed E-state index contributed by atoms with van der Waals surface area (Å²) in [5.41, 5.74) is 4.85. The van der Waals surface area contributed by atoms with Gasteiger partial charge in [-0.2, -0.15) is 0 Å². The number of hydrogen-bond acceptors (Lipinski definition) is 5. The van der Waals surface area contributed by atoms with Gasteiger partial charge in [0, 0.05) is 17.5 Å². The number of nitrogens with one attached hydrogen (secondary N) is 1. The average molecular weight is 281 g/mol. The number of nitrogens with zero attached hydrogens (tertiary/aromatic N) is 1. The molecule has 0 saturated heterocycles. The normalized spacial score (nSPS) is 10.9. The standard InChI is InChI=1S/C13H19N3O4/c1-13(2,12(14)15)6-7-20-11-8-9(19-3)4-5-10(11)16(17)18/h4-5,8H,6-7H2,1-3H3,(H3,14,15). The van der Waals surface area contributed by atoms with Crippen molar-refractivity contribution in [1.29, 1.82) is 5.41 Å². The molecule has 0 aliphatic heterocycles. The van der Waals surface area contributed by atoms with Crippen LogP contribution in [0.3, 0.4) is 0 Å². The van der Waals surface area contributed by atoms with Gasteiger partial charge < -0.3 is 15.2 Å². The number of benzene rings is 1. The van der Waals surface area contributed by atoms with E-state index in [1.807, 2.05) is 13.8 Å². The van der Waals surface area contributed by atoms with Crippen molar-refractivity contribution in [3.8, 4) is 11.5 Å². The molecule has 0 aromatic heterocycles.